The smallest absolute Gasteiger partial charge is 0.115 e. The highest BCUT2D eigenvalue weighted by Crippen LogP contribution is 2.45. The van der Waals surface area contributed by atoms with Gasteiger partial charge in [0.15, 0.2) is 0 Å². The van der Waals surface area contributed by atoms with Crippen LogP contribution in [0.4, 0.5) is 0 Å². The minimum atomic E-state index is 0.380. The van der Waals surface area contributed by atoms with E-state index < -0.39 is 0 Å². The first-order chi connectivity index (χ1) is 11.3. The van der Waals surface area contributed by atoms with Crippen LogP contribution in [-0.2, 0) is 6.42 Å². The van der Waals surface area contributed by atoms with E-state index in [9.17, 15) is 5.11 Å². The van der Waals surface area contributed by atoms with Gasteiger partial charge in [-0.15, -0.1) is 0 Å². The molecular formula is C22H22O. The van der Waals surface area contributed by atoms with Gasteiger partial charge in [-0.2, -0.15) is 0 Å². The third kappa shape index (κ3) is 2.72. The van der Waals surface area contributed by atoms with E-state index in [1.165, 1.54) is 22.3 Å². The third-order valence-corrected chi connectivity index (χ3v) is 5.20. The zero-order valence-electron chi connectivity index (χ0n) is 13.3. The van der Waals surface area contributed by atoms with Crippen molar-refractivity contribution in [1.29, 1.82) is 0 Å². The second-order valence-electron chi connectivity index (χ2n) is 6.60. The van der Waals surface area contributed by atoms with Crippen molar-refractivity contribution >= 4 is 0 Å². The van der Waals surface area contributed by atoms with Crippen LogP contribution in [0.15, 0.2) is 72.3 Å². The topological polar surface area (TPSA) is 20.2 Å². The summed E-state index contributed by atoms with van der Waals surface area (Å²) in [5, 5.41) is 9.84. The molecule has 4 rings (SSSR count). The summed E-state index contributed by atoms with van der Waals surface area (Å²) >= 11 is 0. The number of hydrogen-bond acceptors (Lipinski definition) is 1. The molecule has 1 N–H and O–H groups in total. The monoisotopic (exact) mass is 302 g/mol. The molecule has 116 valence electrons. The molecular weight excluding hydrogens is 280 g/mol. The number of allylic oxidation sites excluding steroid dienone is 4. The maximum Gasteiger partial charge on any atom is 0.115 e. The van der Waals surface area contributed by atoms with Crippen molar-refractivity contribution in [3.05, 3.63) is 89.0 Å². The van der Waals surface area contributed by atoms with E-state index in [0.29, 0.717) is 17.6 Å². The molecule has 0 spiro atoms. The molecule has 0 fully saturated rings. The Bertz CT molecular complexity index is 755. The van der Waals surface area contributed by atoms with Gasteiger partial charge in [0, 0.05) is 5.92 Å². The summed E-state index contributed by atoms with van der Waals surface area (Å²) in [5.74, 6) is 1.30. The Balaban J connectivity index is 1.83. The van der Waals surface area contributed by atoms with Crippen LogP contribution < -0.4 is 0 Å². The Morgan fingerprint density at radius 3 is 2.61 bits per heavy atom. The molecule has 0 saturated heterocycles. The highest BCUT2D eigenvalue weighted by Gasteiger charge is 2.32. The Kier molecular flexibility index (Phi) is 3.78. The van der Waals surface area contributed by atoms with E-state index in [1.54, 1.807) is 0 Å². The van der Waals surface area contributed by atoms with Crippen LogP contribution in [0.2, 0.25) is 0 Å². The first-order valence-corrected chi connectivity index (χ1v) is 8.56. The summed E-state index contributed by atoms with van der Waals surface area (Å²) in [5.41, 5.74) is 5.55. The molecule has 2 aliphatic carbocycles. The van der Waals surface area contributed by atoms with Crippen LogP contribution in [0.1, 0.15) is 41.9 Å². The summed E-state index contributed by atoms with van der Waals surface area (Å²) in [7, 11) is 0. The van der Waals surface area contributed by atoms with E-state index in [2.05, 4.69) is 54.6 Å². The summed E-state index contributed by atoms with van der Waals surface area (Å²) < 4.78 is 0. The van der Waals surface area contributed by atoms with Crippen molar-refractivity contribution in [2.45, 2.75) is 31.6 Å². The van der Waals surface area contributed by atoms with Gasteiger partial charge >= 0.3 is 0 Å². The van der Waals surface area contributed by atoms with Gasteiger partial charge in [0.1, 0.15) is 5.75 Å². The minimum Gasteiger partial charge on any atom is -0.508 e. The lowest BCUT2D eigenvalue weighted by atomic mass is 9.68. The fraction of sp³-hybridized carbons (Fsp3) is 0.273. The van der Waals surface area contributed by atoms with Gasteiger partial charge in [-0.3, -0.25) is 0 Å². The summed E-state index contributed by atoms with van der Waals surface area (Å²) in [4.78, 5) is 0. The molecule has 0 radical (unpaired) electrons. The third-order valence-electron chi connectivity index (χ3n) is 5.20. The zero-order chi connectivity index (χ0) is 15.6. The molecule has 0 aliphatic heterocycles. The largest absolute Gasteiger partial charge is 0.508 e. The van der Waals surface area contributed by atoms with Crippen LogP contribution in [-0.4, -0.2) is 5.11 Å². The van der Waals surface area contributed by atoms with Crippen LogP contribution in [0.3, 0.4) is 0 Å². The number of phenolic OH excluding ortho intramolecular Hbond substituents is 1. The fourth-order valence-corrected chi connectivity index (χ4v) is 4.15. The number of benzene rings is 2. The first kappa shape index (κ1) is 14.3. The summed E-state index contributed by atoms with van der Waals surface area (Å²) in [6, 6.07) is 16.7. The van der Waals surface area contributed by atoms with Gasteiger partial charge in [-0.05, 0) is 66.0 Å². The van der Waals surface area contributed by atoms with Gasteiger partial charge in [0.2, 0.25) is 0 Å². The summed E-state index contributed by atoms with van der Waals surface area (Å²) in [6.45, 7) is 0. The maximum atomic E-state index is 9.84. The van der Waals surface area contributed by atoms with Gasteiger partial charge < -0.3 is 5.11 Å². The number of aromatic hydroxyl groups is 1. The normalized spacial score (nSPS) is 23.2. The van der Waals surface area contributed by atoms with Crippen LogP contribution in [0, 0.1) is 5.92 Å². The minimum absolute atomic E-state index is 0.380. The molecule has 23 heavy (non-hydrogen) atoms. The number of hydrogen-bond donors (Lipinski definition) is 1. The van der Waals surface area contributed by atoms with Gasteiger partial charge in [0.25, 0.3) is 0 Å². The van der Waals surface area contributed by atoms with Gasteiger partial charge in [-0.25, -0.2) is 0 Å². The van der Waals surface area contributed by atoms with E-state index in [0.717, 1.165) is 25.7 Å². The van der Waals surface area contributed by atoms with Crippen molar-refractivity contribution in [2.75, 3.05) is 0 Å². The quantitative estimate of drug-likeness (QED) is 0.791. The number of phenols is 1. The molecule has 0 saturated carbocycles. The highest BCUT2D eigenvalue weighted by molar-refractivity contribution is 5.47. The molecule has 2 aliphatic rings. The molecule has 2 aromatic carbocycles. The van der Waals surface area contributed by atoms with E-state index >= 15 is 0 Å². The van der Waals surface area contributed by atoms with E-state index in [-0.39, 0.29) is 0 Å². The highest BCUT2D eigenvalue weighted by atomic mass is 16.3. The summed E-state index contributed by atoms with van der Waals surface area (Å²) in [6.07, 6.45) is 11.6. The predicted molar refractivity (Wildman–Crippen MR) is 94.7 cm³/mol. The zero-order valence-corrected chi connectivity index (χ0v) is 13.3. The van der Waals surface area contributed by atoms with E-state index in [1.807, 2.05) is 12.1 Å². The number of fused-ring (bicyclic) bond motifs is 1. The van der Waals surface area contributed by atoms with Crippen molar-refractivity contribution in [3.8, 4) is 5.75 Å². The molecule has 1 nitrogen and oxygen atoms in total. The van der Waals surface area contributed by atoms with Crippen molar-refractivity contribution in [3.63, 3.8) is 0 Å². The second kappa shape index (κ2) is 6.08. The SMILES string of the molecule is Oc1ccc2c(c1)CCC(C1=CCCC=C1)C2c1ccccc1. The van der Waals surface area contributed by atoms with Crippen molar-refractivity contribution < 1.29 is 5.11 Å². The standard InChI is InChI=1S/C22H22O/c23-19-12-14-21-18(15-19)11-13-20(16-7-3-1-4-8-16)22(21)17-9-5-2-6-10-17/h2-3,5-10,12,14-15,20,22-23H,1,4,11,13H2. The fourth-order valence-electron chi connectivity index (χ4n) is 4.15. The number of aryl methyl sites for hydroxylation is 1. The van der Waals surface area contributed by atoms with Crippen molar-refractivity contribution in [1.82, 2.24) is 0 Å². The lowest BCUT2D eigenvalue weighted by Gasteiger charge is -2.35. The lowest BCUT2D eigenvalue weighted by Crippen LogP contribution is -2.23. The Morgan fingerprint density at radius 2 is 1.83 bits per heavy atom. The van der Waals surface area contributed by atoms with Crippen LogP contribution in [0.25, 0.3) is 0 Å². The molecule has 2 aromatic rings. The number of rotatable bonds is 2. The van der Waals surface area contributed by atoms with Gasteiger partial charge in [0.05, 0.1) is 0 Å². The second-order valence-corrected chi connectivity index (χ2v) is 6.60. The molecule has 2 unspecified atom stereocenters. The van der Waals surface area contributed by atoms with E-state index in [4.69, 9.17) is 0 Å². The van der Waals surface area contributed by atoms with Crippen LogP contribution >= 0.6 is 0 Å². The Morgan fingerprint density at radius 1 is 0.957 bits per heavy atom. The molecule has 0 amide bonds. The molecule has 1 heteroatoms. The molecule has 0 bridgehead atoms. The average molecular weight is 302 g/mol. The average Bonchev–Trinajstić information content (AvgIpc) is 2.62. The molecule has 0 heterocycles. The predicted octanol–water partition coefficient (Wildman–Crippen LogP) is 5.36. The molecule has 0 aromatic heterocycles. The van der Waals surface area contributed by atoms with Crippen molar-refractivity contribution in [2.24, 2.45) is 5.92 Å². The van der Waals surface area contributed by atoms with Crippen LogP contribution in [0.5, 0.6) is 5.75 Å². The maximum absolute atomic E-state index is 9.84. The van der Waals surface area contributed by atoms with Gasteiger partial charge in [-0.1, -0.05) is 54.6 Å². The lowest BCUT2D eigenvalue weighted by molar-refractivity contribution is 0.457. The Labute approximate surface area is 138 Å². The Hall–Kier alpha value is -2.28. The molecule has 2 atom stereocenters. The first-order valence-electron chi connectivity index (χ1n) is 8.56.